The van der Waals surface area contributed by atoms with Gasteiger partial charge in [0.25, 0.3) is 0 Å². The van der Waals surface area contributed by atoms with Gasteiger partial charge < -0.3 is 10.1 Å². The summed E-state index contributed by atoms with van der Waals surface area (Å²) in [6, 6.07) is 10.1. The van der Waals surface area contributed by atoms with E-state index in [4.69, 9.17) is 4.74 Å². The molecular formula is C17H21IN2O. The van der Waals surface area contributed by atoms with Crippen molar-refractivity contribution in [2.24, 2.45) is 0 Å². The highest BCUT2D eigenvalue weighted by Crippen LogP contribution is 2.27. The van der Waals surface area contributed by atoms with Gasteiger partial charge in [-0.25, -0.2) is 4.98 Å². The Hall–Kier alpha value is -1.14. The van der Waals surface area contributed by atoms with Crippen LogP contribution in [-0.4, -0.2) is 10.5 Å². The molecule has 2 rings (SSSR count). The van der Waals surface area contributed by atoms with Gasteiger partial charge in [0.15, 0.2) is 0 Å². The molecule has 0 fully saturated rings. The highest BCUT2D eigenvalue weighted by atomic mass is 127. The number of hydrogen-bond donors (Lipinski definition) is 1. The molecule has 0 atom stereocenters. The van der Waals surface area contributed by atoms with E-state index in [9.17, 15) is 0 Å². The minimum Gasteiger partial charge on any atom is -0.438 e. The maximum atomic E-state index is 5.90. The van der Waals surface area contributed by atoms with Gasteiger partial charge in [-0.2, -0.15) is 0 Å². The monoisotopic (exact) mass is 396 g/mol. The number of hydrogen-bond acceptors (Lipinski definition) is 3. The third kappa shape index (κ3) is 4.97. The summed E-state index contributed by atoms with van der Waals surface area (Å²) in [4.78, 5) is 4.45. The molecule has 0 bridgehead atoms. The van der Waals surface area contributed by atoms with Crippen LogP contribution in [0.5, 0.6) is 11.6 Å². The molecule has 4 heteroatoms. The number of pyridine rings is 1. The van der Waals surface area contributed by atoms with Crippen molar-refractivity contribution in [2.75, 3.05) is 0 Å². The minimum atomic E-state index is 0.100. The number of benzene rings is 1. The summed E-state index contributed by atoms with van der Waals surface area (Å²) in [5, 5.41) is 3.46. The van der Waals surface area contributed by atoms with Crippen molar-refractivity contribution in [2.45, 2.75) is 39.8 Å². The molecule has 0 saturated heterocycles. The number of aryl methyl sites for hydroxylation is 1. The second-order valence-electron chi connectivity index (χ2n) is 6.10. The maximum absolute atomic E-state index is 5.90. The average molecular weight is 396 g/mol. The van der Waals surface area contributed by atoms with Gasteiger partial charge in [0.1, 0.15) is 5.75 Å². The Bertz CT molecular complexity index is 620. The first-order valence-electron chi connectivity index (χ1n) is 6.98. The van der Waals surface area contributed by atoms with Crippen LogP contribution in [0.2, 0.25) is 0 Å². The summed E-state index contributed by atoms with van der Waals surface area (Å²) in [5.41, 5.74) is 2.31. The first kappa shape index (κ1) is 16.2. The number of ether oxygens (including phenoxy) is 1. The number of nitrogens with zero attached hydrogens (tertiary/aromatic N) is 1. The van der Waals surface area contributed by atoms with E-state index in [2.05, 4.69) is 59.7 Å². The van der Waals surface area contributed by atoms with E-state index < -0.39 is 0 Å². The Balaban J connectivity index is 2.11. The number of rotatable bonds is 4. The zero-order valence-corrected chi connectivity index (χ0v) is 15.1. The largest absolute Gasteiger partial charge is 0.438 e. The van der Waals surface area contributed by atoms with Crippen molar-refractivity contribution in [3.63, 3.8) is 0 Å². The number of nitrogens with one attached hydrogen (secondary N) is 1. The normalized spacial score (nSPS) is 11.5. The Labute approximate surface area is 140 Å². The van der Waals surface area contributed by atoms with Crippen molar-refractivity contribution < 1.29 is 4.74 Å². The summed E-state index contributed by atoms with van der Waals surface area (Å²) in [6.07, 6.45) is 1.87. The predicted molar refractivity (Wildman–Crippen MR) is 94.8 cm³/mol. The Morgan fingerprint density at radius 3 is 2.57 bits per heavy atom. The molecule has 1 heterocycles. The fourth-order valence-electron chi connectivity index (χ4n) is 1.82. The van der Waals surface area contributed by atoms with Gasteiger partial charge in [0.05, 0.1) is 3.57 Å². The van der Waals surface area contributed by atoms with Crippen LogP contribution < -0.4 is 10.1 Å². The lowest BCUT2D eigenvalue weighted by atomic mass is 10.1. The first-order valence-corrected chi connectivity index (χ1v) is 8.06. The Morgan fingerprint density at radius 1 is 1.24 bits per heavy atom. The lowest BCUT2D eigenvalue weighted by Gasteiger charge is -2.20. The smallest absolute Gasteiger partial charge is 0.222 e. The lowest BCUT2D eigenvalue weighted by molar-refractivity contribution is 0.422. The highest BCUT2D eigenvalue weighted by molar-refractivity contribution is 14.1. The van der Waals surface area contributed by atoms with Gasteiger partial charge >= 0.3 is 0 Å². The summed E-state index contributed by atoms with van der Waals surface area (Å²) < 4.78 is 6.98. The molecule has 112 valence electrons. The molecule has 0 spiro atoms. The second-order valence-corrected chi connectivity index (χ2v) is 7.26. The molecule has 21 heavy (non-hydrogen) atoms. The zero-order chi connectivity index (χ0) is 15.5. The molecule has 1 N–H and O–H groups in total. The lowest BCUT2D eigenvalue weighted by Crippen LogP contribution is -2.35. The van der Waals surface area contributed by atoms with E-state index in [1.165, 1.54) is 0 Å². The van der Waals surface area contributed by atoms with Gasteiger partial charge in [0.2, 0.25) is 5.88 Å². The highest BCUT2D eigenvalue weighted by Gasteiger charge is 2.10. The molecule has 1 aromatic carbocycles. The summed E-state index contributed by atoms with van der Waals surface area (Å²) in [7, 11) is 0. The van der Waals surface area contributed by atoms with Crippen LogP contribution in [0.3, 0.4) is 0 Å². The van der Waals surface area contributed by atoms with Crippen molar-refractivity contribution in [1.29, 1.82) is 0 Å². The predicted octanol–water partition coefficient (Wildman–Crippen LogP) is 4.68. The molecule has 0 aliphatic carbocycles. The van der Waals surface area contributed by atoms with Gasteiger partial charge in [0, 0.05) is 23.8 Å². The van der Waals surface area contributed by atoms with Crippen molar-refractivity contribution >= 4 is 22.6 Å². The van der Waals surface area contributed by atoms with E-state index >= 15 is 0 Å². The number of halogens is 1. The topological polar surface area (TPSA) is 34.2 Å². The Kier molecular flexibility index (Phi) is 5.22. The van der Waals surface area contributed by atoms with Crippen LogP contribution in [0.4, 0.5) is 0 Å². The quantitative estimate of drug-likeness (QED) is 0.763. The third-order valence-electron chi connectivity index (χ3n) is 2.95. The van der Waals surface area contributed by atoms with Crippen LogP contribution in [0, 0.1) is 10.5 Å². The SMILES string of the molecule is Cc1cc(CNC(C)(C)C)cnc1Oc1ccccc1I. The van der Waals surface area contributed by atoms with Crippen LogP contribution >= 0.6 is 22.6 Å². The van der Waals surface area contributed by atoms with Gasteiger partial charge in [-0.1, -0.05) is 12.1 Å². The third-order valence-corrected chi connectivity index (χ3v) is 3.84. The van der Waals surface area contributed by atoms with Gasteiger partial charge in [-0.15, -0.1) is 0 Å². The minimum absolute atomic E-state index is 0.100. The molecular weight excluding hydrogens is 375 g/mol. The maximum Gasteiger partial charge on any atom is 0.222 e. The van der Waals surface area contributed by atoms with Crippen LogP contribution in [0.25, 0.3) is 0 Å². The second kappa shape index (κ2) is 6.75. The van der Waals surface area contributed by atoms with Crippen LogP contribution in [0.1, 0.15) is 31.9 Å². The van der Waals surface area contributed by atoms with Crippen molar-refractivity contribution in [1.82, 2.24) is 10.3 Å². The van der Waals surface area contributed by atoms with E-state index in [1.807, 2.05) is 37.4 Å². The fraction of sp³-hybridized carbons (Fsp3) is 0.353. The van der Waals surface area contributed by atoms with Gasteiger partial charge in [-0.05, 0) is 74.0 Å². The zero-order valence-electron chi connectivity index (χ0n) is 12.9. The molecule has 3 nitrogen and oxygen atoms in total. The van der Waals surface area contributed by atoms with Crippen molar-refractivity contribution in [3.05, 3.63) is 51.2 Å². The summed E-state index contributed by atoms with van der Waals surface area (Å²) in [6.45, 7) is 9.30. The molecule has 1 aromatic heterocycles. The average Bonchev–Trinajstić information content (AvgIpc) is 2.41. The molecule has 2 aromatic rings. The molecule has 0 aliphatic heterocycles. The van der Waals surface area contributed by atoms with E-state index in [-0.39, 0.29) is 5.54 Å². The molecule has 0 aliphatic rings. The molecule has 0 saturated carbocycles. The fourth-order valence-corrected chi connectivity index (χ4v) is 2.32. The number of aromatic nitrogens is 1. The number of para-hydroxylation sites is 1. The van der Waals surface area contributed by atoms with Crippen LogP contribution in [-0.2, 0) is 6.54 Å². The van der Waals surface area contributed by atoms with E-state index in [1.54, 1.807) is 0 Å². The molecule has 0 amide bonds. The Morgan fingerprint density at radius 2 is 1.95 bits per heavy atom. The molecule has 0 unspecified atom stereocenters. The first-order chi connectivity index (χ1) is 9.85. The van der Waals surface area contributed by atoms with Crippen LogP contribution in [0.15, 0.2) is 36.5 Å². The standard InChI is InChI=1S/C17H21IN2O/c1-12-9-13(11-20-17(2,3)4)10-19-16(12)21-15-8-6-5-7-14(15)18/h5-10,20H,11H2,1-4H3. The summed E-state index contributed by atoms with van der Waals surface area (Å²) in [5.74, 6) is 1.51. The molecule has 0 radical (unpaired) electrons. The van der Waals surface area contributed by atoms with Crippen molar-refractivity contribution in [3.8, 4) is 11.6 Å². The van der Waals surface area contributed by atoms with Gasteiger partial charge in [-0.3, -0.25) is 0 Å². The summed E-state index contributed by atoms with van der Waals surface area (Å²) >= 11 is 2.26. The van der Waals surface area contributed by atoms with E-state index in [0.29, 0.717) is 5.88 Å². The van der Waals surface area contributed by atoms with E-state index in [0.717, 1.165) is 27.0 Å².